The van der Waals surface area contributed by atoms with Crippen molar-refractivity contribution in [1.82, 2.24) is 10.2 Å². The molecule has 32 heavy (non-hydrogen) atoms. The first-order chi connectivity index (χ1) is 15.3. The molecule has 0 radical (unpaired) electrons. The molecule has 1 heterocycles. The van der Waals surface area contributed by atoms with Crippen LogP contribution < -0.4 is 5.32 Å². The summed E-state index contributed by atoms with van der Waals surface area (Å²) in [5.74, 6) is -0.751. The lowest BCUT2D eigenvalue weighted by atomic mass is 10.1. The van der Waals surface area contributed by atoms with E-state index in [9.17, 15) is 14.7 Å². The van der Waals surface area contributed by atoms with E-state index in [1.54, 1.807) is 25.3 Å². The first kappa shape index (κ1) is 25.6. The quantitative estimate of drug-likeness (QED) is 0.273. The van der Waals surface area contributed by atoms with Crippen molar-refractivity contribution >= 4 is 35.0 Å². The number of benzene rings is 1. The summed E-state index contributed by atoms with van der Waals surface area (Å²) in [4.78, 5) is 26.3. The van der Waals surface area contributed by atoms with Crippen LogP contribution >= 0.6 is 23.2 Å². The average molecular weight is 479 g/mol. The second kappa shape index (κ2) is 12.4. The molecule has 2 amide bonds. The van der Waals surface area contributed by atoms with Crippen LogP contribution in [0.5, 0.6) is 0 Å². The van der Waals surface area contributed by atoms with Crippen LogP contribution in [0.4, 0.5) is 0 Å². The highest BCUT2D eigenvalue weighted by molar-refractivity contribution is 6.42. The van der Waals surface area contributed by atoms with Crippen molar-refractivity contribution in [3.05, 3.63) is 81.3 Å². The van der Waals surface area contributed by atoms with E-state index in [-0.39, 0.29) is 12.1 Å². The molecule has 1 aliphatic heterocycles. The molecule has 0 atom stereocenters. The number of methoxy groups -OCH3 is 1. The van der Waals surface area contributed by atoms with Gasteiger partial charge in [0.2, 0.25) is 0 Å². The van der Waals surface area contributed by atoms with Crippen LogP contribution in [0, 0.1) is 0 Å². The number of aryl methyl sites for hydroxylation is 1. The maximum absolute atomic E-state index is 12.5. The van der Waals surface area contributed by atoms with E-state index in [2.05, 4.69) is 11.9 Å². The minimum Gasteiger partial charge on any atom is -0.503 e. The normalized spacial score (nSPS) is 14.8. The molecule has 0 spiro atoms. The predicted octanol–water partition coefficient (Wildman–Crippen LogP) is 4.75. The minimum atomic E-state index is -0.545. The Kier molecular flexibility index (Phi) is 9.88. The summed E-state index contributed by atoms with van der Waals surface area (Å²) in [5.41, 5.74) is 2.02. The molecular formula is C24H28Cl2N2O4. The summed E-state index contributed by atoms with van der Waals surface area (Å²) in [6.45, 7) is 6.35. The fourth-order valence-electron chi connectivity index (χ4n) is 3.21. The molecule has 0 saturated heterocycles. The van der Waals surface area contributed by atoms with Crippen LogP contribution in [0.25, 0.3) is 0 Å². The fourth-order valence-corrected chi connectivity index (χ4v) is 3.53. The van der Waals surface area contributed by atoms with Crippen LogP contribution in [0.2, 0.25) is 10.0 Å². The number of nitrogens with zero attached hydrogens (tertiary/aromatic N) is 1. The van der Waals surface area contributed by atoms with Gasteiger partial charge < -0.3 is 20.1 Å². The molecule has 0 aromatic heterocycles. The first-order valence-electron chi connectivity index (χ1n) is 10.2. The van der Waals surface area contributed by atoms with Crippen molar-refractivity contribution in [2.75, 3.05) is 26.7 Å². The van der Waals surface area contributed by atoms with Crippen LogP contribution in [0.15, 0.2) is 65.7 Å². The van der Waals surface area contributed by atoms with Crippen LogP contribution in [-0.4, -0.2) is 48.6 Å². The van der Waals surface area contributed by atoms with Crippen molar-refractivity contribution in [3.8, 4) is 0 Å². The Bertz CT molecular complexity index is 967. The molecule has 2 rings (SSSR count). The van der Waals surface area contributed by atoms with Gasteiger partial charge in [-0.25, -0.2) is 0 Å². The number of rotatable bonds is 11. The number of carbonyl (C=O) groups is 2. The van der Waals surface area contributed by atoms with Crippen LogP contribution in [0.3, 0.4) is 0 Å². The topological polar surface area (TPSA) is 78.9 Å². The number of aliphatic hydroxyl groups excluding tert-OH is 1. The fraction of sp³-hybridized carbons (Fsp3) is 0.333. The molecule has 2 N–H and O–H groups in total. The predicted molar refractivity (Wildman–Crippen MR) is 128 cm³/mol. The maximum Gasteiger partial charge on any atom is 0.289 e. The average Bonchev–Trinajstić information content (AvgIpc) is 3.06. The molecule has 0 unspecified atom stereocenters. The standard InChI is InChI=1S/C24H28Cl2N2O4/c1-4-6-17(13-16(2)32-3)10-12-28-15-19(22(29)24(28)31)23(30)27-11-5-7-18-8-9-20(25)21(26)14-18/h4,6,8-9,13-14,29H,1,5,7,10-12,15H2,2-3H3,(H,27,30)/b16-13+,17-6-. The van der Waals surface area contributed by atoms with Gasteiger partial charge in [-0.15, -0.1) is 0 Å². The second-order valence-corrected chi connectivity index (χ2v) is 8.16. The van der Waals surface area contributed by atoms with Crippen molar-refractivity contribution in [3.63, 3.8) is 0 Å². The van der Waals surface area contributed by atoms with E-state index in [0.29, 0.717) is 42.4 Å². The molecule has 1 aliphatic rings. The Hall–Kier alpha value is -2.70. The smallest absolute Gasteiger partial charge is 0.289 e. The number of ether oxygens (including phenoxy) is 1. The van der Waals surface area contributed by atoms with Gasteiger partial charge in [-0.1, -0.05) is 48.0 Å². The van der Waals surface area contributed by atoms with E-state index < -0.39 is 17.6 Å². The summed E-state index contributed by atoms with van der Waals surface area (Å²) in [5, 5.41) is 13.9. The molecule has 8 heteroatoms. The minimum absolute atomic E-state index is 0.0671. The highest BCUT2D eigenvalue weighted by Crippen LogP contribution is 2.23. The Morgan fingerprint density at radius 1 is 1.34 bits per heavy atom. The van der Waals surface area contributed by atoms with Crippen LogP contribution in [0.1, 0.15) is 25.3 Å². The first-order valence-corrected chi connectivity index (χ1v) is 11.0. The maximum atomic E-state index is 12.5. The number of amides is 2. The van der Waals surface area contributed by atoms with Gasteiger partial charge in [0.25, 0.3) is 11.8 Å². The number of nitrogens with one attached hydrogen (secondary N) is 1. The summed E-state index contributed by atoms with van der Waals surface area (Å²) in [6, 6.07) is 5.42. The van der Waals surface area contributed by atoms with Crippen molar-refractivity contribution in [2.24, 2.45) is 0 Å². The van der Waals surface area contributed by atoms with Gasteiger partial charge in [0, 0.05) is 13.1 Å². The Labute approximate surface area is 198 Å². The van der Waals surface area contributed by atoms with Gasteiger partial charge in [-0.2, -0.15) is 0 Å². The van der Waals surface area contributed by atoms with Gasteiger partial charge in [0.05, 0.1) is 35.0 Å². The van der Waals surface area contributed by atoms with E-state index in [4.69, 9.17) is 27.9 Å². The summed E-state index contributed by atoms with van der Waals surface area (Å²) in [6.07, 6.45) is 7.27. The van der Waals surface area contributed by atoms with Crippen molar-refractivity contribution in [1.29, 1.82) is 0 Å². The molecule has 0 saturated carbocycles. The Balaban J connectivity index is 1.86. The Morgan fingerprint density at radius 3 is 2.75 bits per heavy atom. The lowest BCUT2D eigenvalue weighted by molar-refractivity contribution is -0.127. The van der Waals surface area contributed by atoms with E-state index >= 15 is 0 Å². The third-order valence-corrected chi connectivity index (χ3v) is 5.76. The number of aliphatic hydroxyl groups is 1. The van der Waals surface area contributed by atoms with E-state index in [1.807, 2.05) is 25.1 Å². The van der Waals surface area contributed by atoms with Gasteiger partial charge >= 0.3 is 0 Å². The molecule has 0 fully saturated rings. The molecule has 1 aromatic carbocycles. The number of hydrogen-bond donors (Lipinski definition) is 2. The summed E-state index contributed by atoms with van der Waals surface area (Å²) in [7, 11) is 1.58. The number of carbonyl (C=O) groups excluding carboxylic acids is 2. The number of hydrogen-bond acceptors (Lipinski definition) is 4. The van der Waals surface area contributed by atoms with E-state index in [0.717, 1.165) is 16.9 Å². The van der Waals surface area contributed by atoms with Gasteiger partial charge in [-0.05, 0) is 55.5 Å². The summed E-state index contributed by atoms with van der Waals surface area (Å²) < 4.78 is 5.16. The van der Waals surface area contributed by atoms with E-state index in [1.165, 1.54) is 4.90 Å². The van der Waals surface area contributed by atoms with Crippen molar-refractivity contribution < 1.29 is 19.4 Å². The zero-order valence-electron chi connectivity index (χ0n) is 18.3. The molecule has 1 aromatic rings. The summed E-state index contributed by atoms with van der Waals surface area (Å²) >= 11 is 11.9. The van der Waals surface area contributed by atoms with Crippen molar-refractivity contribution in [2.45, 2.75) is 26.2 Å². The zero-order chi connectivity index (χ0) is 23.7. The lowest BCUT2D eigenvalue weighted by Crippen LogP contribution is -2.31. The largest absolute Gasteiger partial charge is 0.503 e. The monoisotopic (exact) mass is 478 g/mol. The molecule has 0 bridgehead atoms. The third-order valence-electron chi connectivity index (χ3n) is 5.02. The van der Waals surface area contributed by atoms with Crippen LogP contribution in [-0.2, 0) is 20.7 Å². The molecule has 6 nitrogen and oxygen atoms in total. The SMILES string of the molecule is C=C/C=C(\C=C(/C)OC)CCN1CC(C(=O)NCCCc2ccc(Cl)c(Cl)c2)=C(O)C1=O. The third kappa shape index (κ3) is 7.18. The zero-order valence-corrected chi connectivity index (χ0v) is 19.8. The highest BCUT2D eigenvalue weighted by Gasteiger charge is 2.33. The second-order valence-electron chi connectivity index (χ2n) is 7.35. The van der Waals surface area contributed by atoms with Gasteiger partial charge in [0.15, 0.2) is 5.76 Å². The highest BCUT2D eigenvalue weighted by atomic mass is 35.5. The molecule has 0 aliphatic carbocycles. The number of allylic oxidation sites excluding steroid dienone is 4. The molecule has 172 valence electrons. The number of halogens is 2. The molecular weight excluding hydrogens is 451 g/mol. The lowest BCUT2D eigenvalue weighted by Gasteiger charge is -2.16. The van der Waals surface area contributed by atoms with Gasteiger partial charge in [-0.3, -0.25) is 9.59 Å². The van der Waals surface area contributed by atoms with Gasteiger partial charge in [0.1, 0.15) is 0 Å². The Morgan fingerprint density at radius 2 is 2.09 bits per heavy atom.